The van der Waals surface area contributed by atoms with Gasteiger partial charge in [-0.25, -0.2) is 9.97 Å². The van der Waals surface area contributed by atoms with Crippen LogP contribution in [0.1, 0.15) is 22.5 Å². The zero-order valence-electron chi connectivity index (χ0n) is 14.6. The van der Waals surface area contributed by atoms with Gasteiger partial charge >= 0.3 is 0 Å². The Morgan fingerprint density at radius 2 is 2.11 bits per heavy atom. The highest BCUT2D eigenvalue weighted by atomic mass is 32.1. The maximum atomic E-state index is 12.3. The molecule has 9 heteroatoms. The predicted octanol–water partition coefficient (Wildman–Crippen LogP) is 2.69. The van der Waals surface area contributed by atoms with Crippen molar-refractivity contribution in [3.63, 3.8) is 0 Å². The van der Waals surface area contributed by atoms with Crippen LogP contribution in [0, 0.1) is 11.3 Å². The Morgan fingerprint density at radius 3 is 2.86 bits per heavy atom. The number of hydrogen-bond donors (Lipinski definition) is 3. The molecule has 3 N–H and O–H groups in total. The zero-order valence-corrected chi connectivity index (χ0v) is 15.5. The third-order valence-electron chi connectivity index (χ3n) is 4.07. The van der Waals surface area contributed by atoms with Crippen molar-refractivity contribution in [3.05, 3.63) is 81.0 Å². The van der Waals surface area contributed by atoms with Crippen LogP contribution in [0.2, 0.25) is 0 Å². The van der Waals surface area contributed by atoms with Crippen LogP contribution in [0.5, 0.6) is 0 Å². The fourth-order valence-electron chi connectivity index (χ4n) is 2.80. The first-order valence-electron chi connectivity index (χ1n) is 8.47. The van der Waals surface area contributed by atoms with E-state index in [9.17, 15) is 10.1 Å². The molecule has 0 unspecified atom stereocenters. The second-order valence-electron chi connectivity index (χ2n) is 6.01. The van der Waals surface area contributed by atoms with Gasteiger partial charge in [0.05, 0.1) is 4.88 Å². The average Bonchev–Trinajstić information content (AvgIpc) is 3.40. The molecule has 0 atom stereocenters. The molecule has 0 radical (unpaired) electrons. The topological polar surface area (TPSA) is 123 Å². The zero-order chi connectivity index (χ0) is 19.3. The molecule has 138 valence electrons. The standard InChI is InChI=1S/C19H15N7OS/c20-9-14-17(15-5-2-6-28-15)24-19(25-18(14)27)21-10-13-4-1-3-12(7-13)8-16-22-11-23-26-16/h1-7,11H,8,10H2,(H,22,23,26)(H2,21,24,25,27). The molecule has 0 amide bonds. The number of thiophene rings is 1. The summed E-state index contributed by atoms with van der Waals surface area (Å²) in [6.07, 6.45) is 2.14. The number of H-pyrrole nitrogens is 2. The summed E-state index contributed by atoms with van der Waals surface area (Å²) in [5.41, 5.74) is 2.07. The molecule has 3 heterocycles. The lowest BCUT2D eigenvalue weighted by Gasteiger charge is -2.09. The van der Waals surface area contributed by atoms with Gasteiger partial charge in [-0.3, -0.25) is 14.9 Å². The number of nitrogens with one attached hydrogen (secondary N) is 3. The smallest absolute Gasteiger partial charge is 0.270 e. The van der Waals surface area contributed by atoms with Crippen molar-refractivity contribution in [2.24, 2.45) is 0 Å². The van der Waals surface area contributed by atoms with Crippen LogP contribution in [0.25, 0.3) is 10.6 Å². The summed E-state index contributed by atoms with van der Waals surface area (Å²) in [5, 5.41) is 21.0. The molecular weight excluding hydrogens is 374 g/mol. The highest BCUT2D eigenvalue weighted by Crippen LogP contribution is 2.25. The summed E-state index contributed by atoms with van der Waals surface area (Å²) in [7, 11) is 0. The van der Waals surface area contributed by atoms with E-state index in [1.807, 2.05) is 41.8 Å². The SMILES string of the molecule is N#Cc1c(-c2cccs2)nc(NCc2cccc(Cc3ncn[nH]3)c2)[nH]c1=O. The van der Waals surface area contributed by atoms with Crippen molar-refractivity contribution in [2.45, 2.75) is 13.0 Å². The first-order chi connectivity index (χ1) is 13.7. The molecule has 0 saturated carbocycles. The van der Waals surface area contributed by atoms with Crippen molar-refractivity contribution >= 4 is 17.3 Å². The van der Waals surface area contributed by atoms with Gasteiger partial charge in [-0.05, 0) is 22.6 Å². The van der Waals surface area contributed by atoms with Crippen molar-refractivity contribution in [1.82, 2.24) is 25.1 Å². The van der Waals surface area contributed by atoms with Gasteiger partial charge < -0.3 is 5.32 Å². The number of hydrogen-bond acceptors (Lipinski definition) is 7. The molecule has 0 fully saturated rings. The summed E-state index contributed by atoms with van der Waals surface area (Å²) in [5.74, 6) is 1.12. The van der Waals surface area contributed by atoms with Crippen molar-refractivity contribution in [3.8, 4) is 16.6 Å². The summed E-state index contributed by atoms with van der Waals surface area (Å²) in [6, 6.07) is 13.7. The highest BCUT2D eigenvalue weighted by Gasteiger charge is 2.14. The van der Waals surface area contributed by atoms with Crippen molar-refractivity contribution in [1.29, 1.82) is 5.26 Å². The molecule has 4 rings (SSSR count). The van der Waals surface area contributed by atoms with Gasteiger partial charge in [0, 0.05) is 13.0 Å². The van der Waals surface area contributed by atoms with E-state index in [0.717, 1.165) is 21.8 Å². The lowest BCUT2D eigenvalue weighted by atomic mass is 10.1. The minimum absolute atomic E-state index is 0.0158. The van der Waals surface area contributed by atoms with E-state index < -0.39 is 5.56 Å². The fourth-order valence-corrected chi connectivity index (χ4v) is 3.52. The molecule has 0 spiro atoms. The summed E-state index contributed by atoms with van der Waals surface area (Å²) >= 11 is 1.43. The lowest BCUT2D eigenvalue weighted by molar-refractivity contribution is 0.966. The normalized spacial score (nSPS) is 10.5. The van der Waals surface area contributed by atoms with E-state index >= 15 is 0 Å². The van der Waals surface area contributed by atoms with Crippen molar-refractivity contribution in [2.75, 3.05) is 5.32 Å². The van der Waals surface area contributed by atoms with Crippen LogP contribution >= 0.6 is 11.3 Å². The second-order valence-corrected chi connectivity index (χ2v) is 6.96. The van der Waals surface area contributed by atoms with Crippen LogP contribution in [-0.4, -0.2) is 25.1 Å². The average molecular weight is 389 g/mol. The predicted molar refractivity (Wildman–Crippen MR) is 106 cm³/mol. The van der Waals surface area contributed by atoms with Crippen molar-refractivity contribution < 1.29 is 0 Å². The largest absolute Gasteiger partial charge is 0.352 e. The first kappa shape index (κ1) is 17.6. The van der Waals surface area contributed by atoms with Crippen LogP contribution < -0.4 is 10.9 Å². The Morgan fingerprint density at radius 1 is 1.21 bits per heavy atom. The van der Waals surface area contributed by atoms with Gasteiger partial charge in [0.15, 0.2) is 0 Å². The van der Waals surface area contributed by atoms with Crippen LogP contribution in [-0.2, 0) is 13.0 Å². The molecule has 4 aromatic rings. The number of nitriles is 1. The Kier molecular flexibility index (Phi) is 4.95. The van der Waals surface area contributed by atoms with E-state index in [1.165, 1.54) is 17.7 Å². The molecule has 1 aromatic carbocycles. The van der Waals surface area contributed by atoms with E-state index in [2.05, 4.69) is 36.5 Å². The van der Waals surface area contributed by atoms with Gasteiger partial charge in [-0.15, -0.1) is 11.3 Å². The summed E-state index contributed by atoms with van der Waals surface area (Å²) in [6.45, 7) is 0.475. The molecule has 0 saturated heterocycles. The number of anilines is 1. The van der Waals surface area contributed by atoms with E-state index in [0.29, 0.717) is 24.6 Å². The number of aromatic amines is 2. The molecule has 28 heavy (non-hydrogen) atoms. The third-order valence-corrected chi connectivity index (χ3v) is 4.95. The second kappa shape index (κ2) is 7.85. The lowest BCUT2D eigenvalue weighted by Crippen LogP contribution is -2.17. The fraction of sp³-hybridized carbons (Fsp3) is 0.105. The molecule has 0 aliphatic heterocycles. The Hall–Kier alpha value is -3.77. The minimum Gasteiger partial charge on any atom is -0.352 e. The number of benzene rings is 1. The maximum absolute atomic E-state index is 12.3. The Bertz CT molecular complexity index is 1170. The van der Waals surface area contributed by atoms with Gasteiger partial charge in [-0.1, -0.05) is 30.3 Å². The van der Waals surface area contributed by atoms with Gasteiger partial charge in [0.2, 0.25) is 5.95 Å². The molecule has 3 aromatic heterocycles. The van der Waals surface area contributed by atoms with Gasteiger partial charge in [0.1, 0.15) is 29.5 Å². The minimum atomic E-state index is -0.456. The number of rotatable bonds is 6. The molecule has 8 nitrogen and oxygen atoms in total. The van der Waals surface area contributed by atoms with Crippen LogP contribution in [0.15, 0.2) is 52.9 Å². The molecule has 0 aliphatic rings. The van der Waals surface area contributed by atoms with E-state index in [1.54, 1.807) is 0 Å². The van der Waals surface area contributed by atoms with E-state index in [-0.39, 0.29) is 5.56 Å². The van der Waals surface area contributed by atoms with Gasteiger partial charge in [0.25, 0.3) is 5.56 Å². The molecule has 0 aliphatic carbocycles. The summed E-state index contributed by atoms with van der Waals surface area (Å²) < 4.78 is 0. The summed E-state index contributed by atoms with van der Waals surface area (Å²) in [4.78, 5) is 24.3. The number of nitrogens with zero attached hydrogens (tertiary/aromatic N) is 4. The molecular formula is C19H15N7OS. The number of aromatic nitrogens is 5. The quantitative estimate of drug-likeness (QED) is 0.466. The van der Waals surface area contributed by atoms with Crippen LogP contribution in [0.4, 0.5) is 5.95 Å². The Labute approximate surface area is 163 Å². The monoisotopic (exact) mass is 389 g/mol. The maximum Gasteiger partial charge on any atom is 0.270 e. The van der Waals surface area contributed by atoms with E-state index in [4.69, 9.17) is 0 Å². The Balaban J connectivity index is 1.54. The van der Waals surface area contributed by atoms with Gasteiger partial charge in [-0.2, -0.15) is 10.4 Å². The van der Waals surface area contributed by atoms with Crippen LogP contribution in [0.3, 0.4) is 0 Å². The molecule has 0 bridgehead atoms. The third kappa shape index (κ3) is 3.82. The highest BCUT2D eigenvalue weighted by molar-refractivity contribution is 7.13. The first-order valence-corrected chi connectivity index (χ1v) is 9.35.